The van der Waals surface area contributed by atoms with Crippen LogP contribution in [0.4, 0.5) is 10.1 Å². The van der Waals surface area contributed by atoms with Crippen molar-refractivity contribution in [1.29, 1.82) is 0 Å². The largest absolute Gasteiger partial charge is 0.413 e. The molecule has 3 rings (SSSR count). The monoisotopic (exact) mass is 490 g/mol. The molecule has 1 heterocycles. The predicted molar refractivity (Wildman–Crippen MR) is 124 cm³/mol. The number of carbonyl (C=O) groups is 2. The molecule has 0 radical (unpaired) electrons. The van der Waals surface area contributed by atoms with E-state index in [2.05, 4.69) is 33.9 Å². The fraction of sp³-hybridized carbons (Fsp3) is 0.391. The molecule has 1 aliphatic rings. The summed E-state index contributed by atoms with van der Waals surface area (Å²) < 4.78 is 30.6. The van der Waals surface area contributed by atoms with Gasteiger partial charge in [-0.25, -0.2) is 14.5 Å². The van der Waals surface area contributed by atoms with Crippen molar-refractivity contribution in [2.24, 2.45) is 0 Å². The molecule has 0 atom stereocenters. The summed E-state index contributed by atoms with van der Waals surface area (Å²) in [6, 6.07) is 10.5. The molecule has 0 spiro atoms. The van der Waals surface area contributed by atoms with E-state index in [1.54, 1.807) is 18.2 Å². The van der Waals surface area contributed by atoms with Crippen molar-refractivity contribution in [3.8, 4) is 11.1 Å². The number of benzene rings is 2. The second-order valence-electron chi connectivity index (χ2n) is 9.46. The van der Waals surface area contributed by atoms with Crippen molar-refractivity contribution in [2.45, 2.75) is 58.3 Å². The van der Waals surface area contributed by atoms with E-state index < -0.39 is 43.9 Å². The average molecular weight is 491 g/mol. The number of carbonyl (C=O) groups excluding carboxylic acids is 2. The summed E-state index contributed by atoms with van der Waals surface area (Å²) >= 11 is 0. The summed E-state index contributed by atoms with van der Waals surface area (Å²) in [5.74, 6) is -2.51. The highest BCUT2D eigenvalue weighted by atomic mass is 28.4. The summed E-state index contributed by atoms with van der Waals surface area (Å²) in [5.41, 5.74) is 1.27. The number of nitro groups is 1. The number of hydrogen-bond acceptors (Lipinski definition) is 7. The Labute approximate surface area is 197 Å². The zero-order chi connectivity index (χ0) is 25.3. The third-order valence-electron chi connectivity index (χ3n) is 5.99. The number of cyclic esters (lactones) is 2. The van der Waals surface area contributed by atoms with Gasteiger partial charge in [0.1, 0.15) is 17.9 Å². The molecule has 1 aliphatic heterocycles. The van der Waals surface area contributed by atoms with Crippen LogP contribution in [-0.4, -0.2) is 31.7 Å². The molecule has 1 fully saturated rings. The number of hydrazine groups is 1. The molecule has 1 saturated heterocycles. The lowest BCUT2D eigenvalue weighted by atomic mass is 10.0. The zero-order valence-electron chi connectivity index (χ0n) is 19.7. The van der Waals surface area contributed by atoms with Crippen LogP contribution in [0.5, 0.6) is 0 Å². The molecule has 9 nitrogen and oxygen atoms in total. The maximum absolute atomic E-state index is 14.8. The Hall–Kier alpha value is -3.31. The van der Waals surface area contributed by atoms with E-state index in [4.69, 9.17) is 13.9 Å². The van der Waals surface area contributed by atoms with Gasteiger partial charge in [0, 0.05) is 5.56 Å². The quantitative estimate of drug-likeness (QED) is 0.179. The fourth-order valence-electron chi connectivity index (χ4n) is 3.03. The van der Waals surface area contributed by atoms with E-state index in [1.165, 1.54) is 6.07 Å². The van der Waals surface area contributed by atoms with Crippen LogP contribution in [0.3, 0.4) is 0 Å². The second kappa shape index (κ2) is 9.51. The number of rotatable bonds is 7. The van der Waals surface area contributed by atoms with Gasteiger partial charge in [-0.15, -0.1) is 0 Å². The molecule has 0 aliphatic carbocycles. The lowest BCUT2D eigenvalue weighted by molar-refractivity contribution is -0.519. The molecule has 0 amide bonds. The molecule has 182 valence electrons. The first kappa shape index (κ1) is 25.3. The van der Waals surface area contributed by atoms with Gasteiger partial charge in [0.15, 0.2) is 13.3 Å². The molecule has 0 N–H and O–H groups in total. The predicted octanol–water partition coefficient (Wildman–Crippen LogP) is 4.79. The third-order valence-corrected chi connectivity index (χ3v) is 10.5. The standard InChI is InChI=1S/C23H27FN2O7Si/c1-23(2,3)34(4,5)31-14-15-7-6-8-16(11-15)18-12-17(9-10-19(18)24)25(26(29)30)22-32-20(27)13-21(28)33-22/h6-12,22H,13-14H2,1-5H3. The molecule has 2 aromatic carbocycles. The SMILES string of the molecule is CC(C)(C)[Si](C)(C)OCc1cccc(-c2cc(N(C3OC(=O)CC(=O)O3)[N+](=O)[O-])ccc2F)c1. The van der Waals surface area contributed by atoms with Crippen LogP contribution in [0.15, 0.2) is 42.5 Å². The van der Waals surface area contributed by atoms with Crippen LogP contribution in [0.2, 0.25) is 18.1 Å². The van der Waals surface area contributed by atoms with Crippen molar-refractivity contribution in [3.05, 3.63) is 64.0 Å². The highest BCUT2D eigenvalue weighted by Crippen LogP contribution is 2.37. The first-order valence-corrected chi connectivity index (χ1v) is 13.5. The van der Waals surface area contributed by atoms with Gasteiger partial charge in [0.05, 0.1) is 6.61 Å². The van der Waals surface area contributed by atoms with Crippen molar-refractivity contribution in [1.82, 2.24) is 0 Å². The Bertz CT molecular complexity index is 1100. The van der Waals surface area contributed by atoms with Gasteiger partial charge in [-0.2, -0.15) is 0 Å². The fourth-order valence-corrected chi connectivity index (χ4v) is 3.99. The highest BCUT2D eigenvalue weighted by Gasteiger charge is 2.40. The molecular weight excluding hydrogens is 463 g/mol. The van der Waals surface area contributed by atoms with Crippen molar-refractivity contribution >= 4 is 25.9 Å². The van der Waals surface area contributed by atoms with E-state index in [0.29, 0.717) is 17.2 Å². The van der Waals surface area contributed by atoms with E-state index >= 15 is 0 Å². The van der Waals surface area contributed by atoms with Gasteiger partial charge in [0.2, 0.25) is 0 Å². The normalized spacial score (nSPS) is 15.0. The Balaban J connectivity index is 1.91. The summed E-state index contributed by atoms with van der Waals surface area (Å²) in [6.45, 7) is 11.0. The van der Waals surface area contributed by atoms with Gasteiger partial charge in [-0.3, -0.25) is 9.59 Å². The van der Waals surface area contributed by atoms with Crippen LogP contribution >= 0.6 is 0 Å². The minimum Gasteiger partial charge on any atom is -0.413 e. The lowest BCUT2D eigenvalue weighted by Gasteiger charge is -2.36. The lowest BCUT2D eigenvalue weighted by Crippen LogP contribution is -2.48. The number of nitrogens with zero attached hydrogens (tertiary/aromatic N) is 2. The molecule has 2 aromatic rings. The van der Waals surface area contributed by atoms with Crippen LogP contribution in [0.25, 0.3) is 11.1 Å². The van der Waals surface area contributed by atoms with Crippen molar-refractivity contribution < 1.29 is 32.9 Å². The molecule has 34 heavy (non-hydrogen) atoms. The molecule has 11 heteroatoms. The number of hydrogen-bond donors (Lipinski definition) is 0. The third kappa shape index (κ3) is 5.60. The summed E-state index contributed by atoms with van der Waals surface area (Å²) in [7, 11) is -2.00. The minimum atomic E-state index is -2.00. The smallest absolute Gasteiger partial charge is 0.388 e. The second-order valence-corrected chi connectivity index (χ2v) is 14.3. The Morgan fingerprint density at radius 1 is 1.15 bits per heavy atom. The maximum atomic E-state index is 14.8. The first-order chi connectivity index (χ1) is 15.8. The maximum Gasteiger partial charge on any atom is 0.388 e. The highest BCUT2D eigenvalue weighted by molar-refractivity contribution is 6.74. The van der Waals surface area contributed by atoms with E-state index in [-0.39, 0.29) is 16.3 Å². The van der Waals surface area contributed by atoms with Crippen LogP contribution in [0.1, 0.15) is 32.8 Å². The Kier molecular flexibility index (Phi) is 7.08. The topological polar surface area (TPSA) is 108 Å². The summed E-state index contributed by atoms with van der Waals surface area (Å²) in [6.07, 6.45) is -2.54. The van der Waals surface area contributed by atoms with Gasteiger partial charge >= 0.3 is 18.4 Å². The van der Waals surface area contributed by atoms with Crippen molar-refractivity contribution in [2.75, 3.05) is 5.01 Å². The van der Waals surface area contributed by atoms with Gasteiger partial charge in [-0.1, -0.05) is 39.0 Å². The molecule has 0 saturated carbocycles. The number of halogens is 1. The minimum absolute atomic E-state index is 0.0308. The first-order valence-electron chi connectivity index (χ1n) is 10.6. The molecule has 0 aromatic heterocycles. The Morgan fingerprint density at radius 2 is 1.79 bits per heavy atom. The van der Waals surface area contributed by atoms with Gasteiger partial charge in [-0.05, 0) is 58.5 Å². The van der Waals surface area contributed by atoms with Gasteiger partial charge in [0.25, 0.3) is 0 Å². The summed E-state index contributed by atoms with van der Waals surface area (Å²) in [4.78, 5) is 34.9. The zero-order valence-corrected chi connectivity index (χ0v) is 20.7. The summed E-state index contributed by atoms with van der Waals surface area (Å²) in [5, 5.41) is 11.2. The molecular formula is C23H27FN2O7Si. The van der Waals surface area contributed by atoms with Crippen LogP contribution < -0.4 is 5.01 Å². The van der Waals surface area contributed by atoms with Crippen molar-refractivity contribution in [3.63, 3.8) is 0 Å². The average Bonchev–Trinajstić information content (AvgIpc) is 2.72. The number of esters is 2. The molecule has 0 bridgehead atoms. The van der Waals surface area contributed by atoms with E-state index in [1.807, 2.05) is 6.07 Å². The number of anilines is 1. The number of ether oxygens (including phenoxy) is 2. The molecule has 0 unspecified atom stereocenters. The van der Waals surface area contributed by atoms with Crippen LogP contribution in [-0.2, 0) is 30.1 Å². The van der Waals surface area contributed by atoms with Crippen LogP contribution in [0, 0.1) is 15.9 Å². The Morgan fingerprint density at radius 3 is 2.38 bits per heavy atom. The van der Waals surface area contributed by atoms with E-state index in [9.17, 15) is 24.1 Å². The van der Waals surface area contributed by atoms with Gasteiger partial charge < -0.3 is 13.9 Å². The van der Waals surface area contributed by atoms with E-state index in [0.717, 1.165) is 17.7 Å².